The predicted octanol–water partition coefficient (Wildman–Crippen LogP) is 6.41. The molecule has 0 aliphatic carbocycles. The molecule has 174 valence electrons. The average Bonchev–Trinajstić information content (AvgIpc) is 3.40. The first kappa shape index (κ1) is 22.7. The van der Waals surface area contributed by atoms with Gasteiger partial charge in [-0.3, -0.25) is 4.79 Å². The van der Waals surface area contributed by atoms with Gasteiger partial charge in [0.15, 0.2) is 0 Å². The number of imidazole rings is 1. The standard InChI is InChI=1S/C28H28BrN3O2/c1-19-9-7-14-26(20(19)2)34-16-8-15-31-25-13-6-4-11-23(25)30-28(31)21-17-27(33)32(18-21)24-12-5-3-10-22(24)29/h3-7,9-14,21H,8,15-18H2,1-2H3. The van der Waals surface area contributed by atoms with Crippen molar-refractivity contribution in [3.63, 3.8) is 0 Å². The number of ether oxygens (including phenoxy) is 1. The normalized spacial score (nSPS) is 15.9. The predicted molar refractivity (Wildman–Crippen MR) is 140 cm³/mol. The first-order valence-electron chi connectivity index (χ1n) is 11.7. The number of halogens is 1. The van der Waals surface area contributed by atoms with E-state index in [1.54, 1.807) is 0 Å². The van der Waals surface area contributed by atoms with Crippen molar-refractivity contribution in [1.29, 1.82) is 0 Å². The lowest BCUT2D eigenvalue weighted by Gasteiger charge is -2.19. The van der Waals surface area contributed by atoms with Crippen molar-refractivity contribution in [3.8, 4) is 5.75 Å². The van der Waals surface area contributed by atoms with Crippen LogP contribution < -0.4 is 9.64 Å². The lowest BCUT2D eigenvalue weighted by atomic mass is 10.1. The lowest BCUT2D eigenvalue weighted by Crippen LogP contribution is -2.25. The van der Waals surface area contributed by atoms with Crippen LogP contribution in [-0.4, -0.2) is 28.6 Å². The number of aryl methyl sites for hydroxylation is 2. The van der Waals surface area contributed by atoms with E-state index in [4.69, 9.17) is 9.72 Å². The number of fused-ring (bicyclic) bond motifs is 1. The number of para-hydroxylation sites is 3. The summed E-state index contributed by atoms with van der Waals surface area (Å²) in [6.45, 7) is 6.25. The zero-order valence-corrected chi connectivity index (χ0v) is 21.1. The van der Waals surface area contributed by atoms with E-state index in [1.165, 1.54) is 11.1 Å². The number of benzene rings is 3. The summed E-state index contributed by atoms with van der Waals surface area (Å²) in [7, 11) is 0. The van der Waals surface area contributed by atoms with Crippen LogP contribution >= 0.6 is 15.9 Å². The van der Waals surface area contributed by atoms with E-state index < -0.39 is 0 Å². The van der Waals surface area contributed by atoms with E-state index in [-0.39, 0.29) is 11.8 Å². The fourth-order valence-electron chi connectivity index (χ4n) is 4.71. The van der Waals surface area contributed by atoms with Gasteiger partial charge in [-0.25, -0.2) is 4.98 Å². The van der Waals surface area contributed by atoms with Gasteiger partial charge in [-0.15, -0.1) is 0 Å². The number of rotatable bonds is 7. The summed E-state index contributed by atoms with van der Waals surface area (Å²) in [5, 5.41) is 0. The molecule has 1 amide bonds. The minimum absolute atomic E-state index is 0.0481. The summed E-state index contributed by atoms with van der Waals surface area (Å²) >= 11 is 3.59. The molecule has 0 radical (unpaired) electrons. The number of hydrogen-bond acceptors (Lipinski definition) is 3. The van der Waals surface area contributed by atoms with Gasteiger partial charge in [0.05, 0.1) is 23.3 Å². The molecule has 1 atom stereocenters. The molecule has 1 aliphatic heterocycles. The van der Waals surface area contributed by atoms with Gasteiger partial charge in [0, 0.05) is 29.9 Å². The zero-order chi connectivity index (χ0) is 23.7. The number of aromatic nitrogens is 2. The Hall–Kier alpha value is -3.12. The molecule has 1 fully saturated rings. The zero-order valence-electron chi connectivity index (χ0n) is 19.5. The monoisotopic (exact) mass is 517 g/mol. The Morgan fingerprint density at radius 1 is 1.03 bits per heavy atom. The molecule has 2 heterocycles. The van der Waals surface area contributed by atoms with Gasteiger partial charge < -0.3 is 14.2 Å². The Kier molecular flexibility index (Phi) is 6.42. The highest BCUT2D eigenvalue weighted by atomic mass is 79.9. The fourth-order valence-corrected chi connectivity index (χ4v) is 5.21. The molecular formula is C28H28BrN3O2. The molecule has 1 aliphatic rings. The van der Waals surface area contributed by atoms with Gasteiger partial charge in [-0.05, 0) is 77.7 Å². The SMILES string of the molecule is Cc1cccc(OCCCn2c(C3CC(=O)N(c4ccccc4Br)C3)nc3ccccc32)c1C. The first-order chi connectivity index (χ1) is 16.5. The van der Waals surface area contributed by atoms with Crippen LogP contribution in [0.15, 0.2) is 71.2 Å². The second kappa shape index (κ2) is 9.63. The van der Waals surface area contributed by atoms with Crippen molar-refractivity contribution >= 4 is 38.6 Å². The third-order valence-corrected chi connectivity index (χ3v) is 7.33. The molecule has 1 unspecified atom stereocenters. The van der Waals surface area contributed by atoms with Crippen LogP contribution in [0.3, 0.4) is 0 Å². The number of amides is 1. The molecule has 0 spiro atoms. The average molecular weight is 518 g/mol. The minimum Gasteiger partial charge on any atom is -0.493 e. The van der Waals surface area contributed by atoms with Crippen LogP contribution in [-0.2, 0) is 11.3 Å². The molecule has 0 N–H and O–H groups in total. The van der Waals surface area contributed by atoms with Crippen LogP contribution in [0, 0.1) is 13.8 Å². The Morgan fingerprint density at radius 2 is 1.82 bits per heavy atom. The van der Waals surface area contributed by atoms with Crippen molar-refractivity contribution in [2.24, 2.45) is 0 Å². The van der Waals surface area contributed by atoms with E-state index >= 15 is 0 Å². The molecule has 3 aromatic carbocycles. The molecule has 5 rings (SSSR count). The Balaban J connectivity index is 1.36. The number of carbonyl (C=O) groups is 1. The van der Waals surface area contributed by atoms with Crippen LogP contribution in [0.25, 0.3) is 11.0 Å². The smallest absolute Gasteiger partial charge is 0.227 e. The van der Waals surface area contributed by atoms with Gasteiger partial charge in [0.2, 0.25) is 5.91 Å². The van der Waals surface area contributed by atoms with Gasteiger partial charge in [0.25, 0.3) is 0 Å². The van der Waals surface area contributed by atoms with Crippen molar-refractivity contribution in [2.45, 2.75) is 39.2 Å². The van der Waals surface area contributed by atoms with E-state index in [9.17, 15) is 4.79 Å². The van der Waals surface area contributed by atoms with Crippen LogP contribution in [0.5, 0.6) is 5.75 Å². The summed E-state index contributed by atoms with van der Waals surface area (Å²) in [6, 6.07) is 22.3. The number of nitrogens with zero attached hydrogens (tertiary/aromatic N) is 3. The van der Waals surface area contributed by atoms with Gasteiger partial charge >= 0.3 is 0 Å². The minimum atomic E-state index is 0.0481. The van der Waals surface area contributed by atoms with E-state index in [1.807, 2.05) is 59.5 Å². The largest absolute Gasteiger partial charge is 0.493 e. The molecule has 4 aromatic rings. The van der Waals surface area contributed by atoms with E-state index in [0.29, 0.717) is 19.6 Å². The van der Waals surface area contributed by atoms with Crippen molar-refractivity contribution in [3.05, 3.63) is 88.2 Å². The summed E-state index contributed by atoms with van der Waals surface area (Å²) in [4.78, 5) is 19.8. The van der Waals surface area contributed by atoms with E-state index in [0.717, 1.165) is 45.7 Å². The summed E-state index contributed by atoms with van der Waals surface area (Å²) in [5.41, 5.74) is 5.42. The summed E-state index contributed by atoms with van der Waals surface area (Å²) in [5.74, 6) is 2.11. The molecule has 6 heteroatoms. The maximum Gasteiger partial charge on any atom is 0.227 e. The molecule has 5 nitrogen and oxygen atoms in total. The fraction of sp³-hybridized carbons (Fsp3) is 0.286. The highest BCUT2D eigenvalue weighted by Crippen LogP contribution is 2.36. The number of hydrogen-bond donors (Lipinski definition) is 0. The summed E-state index contributed by atoms with van der Waals surface area (Å²) < 4.78 is 9.31. The summed E-state index contributed by atoms with van der Waals surface area (Å²) in [6.07, 6.45) is 1.32. The number of carbonyl (C=O) groups excluding carboxylic acids is 1. The molecule has 1 saturated heterocycles. The second-order valence-corrected chi connectivity index (χ2v) is 9.72. The number of anilines is 1. The molecule has 0 bridgehead atoms. The molecule has 0 saturated carbocycles. The molecule has 1 aromatic heterocycles. The van der Waals surface area contributed by atoms with Crippen LogP contribution in [0.2, 0.25) is 0 Å². The third-order valence-electron chi connectivity index (χ3n) is 6.66. The van der Waals surface area contributed by atoms with Crippen molar-refractivity contribution in [1.82, 2.24) is 9.55 Å². The molecular weight excluding hydrogens is 490 g/mol. The van der Waals surface area contributed by atoms with Crippen LogP contribution in [0.4, 0.5) is 5.69 Å². The van der Waals surface area contributed by atoms with Crippen molar-refractivity contribution in [2.75, 3.05) is 18.1 Å². The topological polar surface area (TPSA) is 47.4 Å². The Morgan fingerprint density at radius 3 is 2.68 bits per heavy atom. The Labute approximate surface area is 208 Å². The van der Waals surface area contributed by atoms with Gasteiger partial charge in [-0.1, -0.05) is 36.4 Å². The highest BCUT2D eigenvalue weighted by molar-refractivity contribution is 9.10. The second-order valence-electron chi connectivity index (χ2n) is 8.87. The van der Waals surface area contributed by atoms with Crippen LogP contribution in [0.1, 0.15) is 35.7 Å². The first-order valence-corrected chi connectivity index (χ1v) is 12.5. The van der Waals surface area contributed by atoms with Gasteiger partial charge in [0.1, 0.15) is 11.6 Å². The lowest BCUT2D eigenvalue weighted by molar-refractivity contribution is -0.117. The maximum absolute atomic E-state index is 13.0. The molecule has 34 heavy (non-hydrogen) atoms. The van der Waals surface area contributed by atoms with E-state index in [2.05, 4.69) is 46.5 Å². The highest BCUT2D eigenvalue weighted by Gasteiger charge is 2.35. The maximum atomic E-state index is 13.0. The van der Waals surface area contributed by atoms with Gasteiger partial charge in [-0.2, -0.15) is 0 Å². The Bertz CT molecular complexity index is 1350. The van der Waals surface area contributed by atoms with Crippen molar-refractivity contribution < 1.29 is 9.53 Å². The quantitative estimate of drug-likeness (QED) is 0.266. The third kappa shape index (κ3) is 4.34.